The molecule has 0 spiro atoms. The van der Waals surface area contributed by atoms with Gasteiger partial charge in [-0.1, -0.05) is 6.07 Å². The first-order valence-corrected chi connectivity index (χ1v) is 13.2. The van der Waals surface area contributed by atoms with Gasteiger partial charge in [-0.2, -0.15) is 0 Å². The topological polar surface area (TPSA) is 145 Å². The van der Waals surface area contributed by atoms with Crippen molar-refractivity contribution in [1.29, 1.82) is 0 Å². The normalized spacial score (nSPS) is 22.4. The Hall–Kier alpha value is -4.55. The van der Waals surface area contributed by atoms with Crippen LogP contribution in [0.1, 0.15) is 41.4 Å². The minimum atomic E-state index is -1.47. The number of cyclic esters (lactones) is 1. The molecule has 12 nitrogen and oxygen atoms in total. The lowest BCUT2D eigenvalue weighted by Gasteiger charge is -2.40. The molecule has 1 saturated heterocycles. The van der Waals surface area contributed by atoms with Crippen molar-refractivity contribution in [1.82, 2.24) is 0 Å². The minimum Gasteiger partial charge on any atom is -0.493 e. The standard InChI is InChI=1S/C30H28O12/c1-13(31)41-23-11-37-29(27(33)28(23)42-14(2)32)25-17-9-21(36-4)20(35-3)8-16(17)24(26-18(25)10-38-30(26)34)15-5-6-19-22(7-15)40-12-39-19/h5-9,23,27-29,33H,10-12H2,1-4H3/t23-,27+,28-,29+/m1/s1. The number of aliphatic hydroxyl groups excluding tert-OH is 1. The number of ether oxygens (including phenoxy) is 8. The number of carbonyl (C=O) groups is 3. The van der Waals surface area contributed by atoms with Crippen LogP contribution in [-0.4, -0.2) is 68.9 Å². The highest BCUT2D eigenvalue weighted by atomic mass is 16.7. The van der Waals surface area contributed by atoms with Crippen LogP contribution in [0.4, 0.5) is 0 Å². The van der Waals surface area contributed by atoms with Crippen molar-refractivity contribution in [2.45, 2.75) is 44.9 Å². The Balaban J connectivity index is 1.61. The van der Waals surface area contributed by atoms with E-state index in [1.54, 1.807) is 24.3 Å². The molecule has 0 saturated carbocycles. The first-order valence-electron chi connectivity index (χ1n) is 13.2. The van der Waals surface area contributed by atoms with Gasteiger partial charge in [0.25, 0.3) is 0 Å². The van der Waals surface area contributed by atoms with Gasteiger partial charge in [0.15, 0.2) is 35.2 Å². The highest BCUT2D eigenvalue weighted by Gasteiger charge is 2.47. The lowest BCUT2D eigenvalue weighted by Crippen LogP contribution is -2.52. The van der Waals surface area contributed by atoms with Crippen molar-refractivity contribution < 1.29 is 57.4 Å². The second kappa shape index (κ2) is 10.7. The molecule has 3 heterocycles. The quantitative estimate of drug-likeness (QED) is 0.337. The summed E-state index contributed by atoms with van der Waals surface area (Å²) in [5.41, 5.74) is 2.44. The number of methoxy groups -OCH3 is 2. The third-order valence-electron chi connectivity index (χ3n) is 7.53. The van der Waals surface area contributed by atoms with Crippen molar-refractivity contribution in [2.24, 2.45) is 0 Å². The molecule has 0 aliphatic carbocycles. The fourth-order valence-corrected chi connectivity index (χ4v) is 5.84. The van der Waals surface area contributed by atoms with E-state index in [2.05, 4.69) is 0 Å². The van der Waals surface area contributed by atoms with E-state index in [0.717, 1.165) is 0 Å². The van der Waals surface area contributed by atoms with Gasteiger partial charge in [0, 0.05) is 25.0 Å². The molecule has 1 fully saturated rings. The van der Waals surface area contributed by atoms with Crippen LogP contribution in [0.25, 0.3) is 21.9 Å². The highest BCUT2D eigenvalue weighted by Crippen LogP contribution is 2.49. The first kappa shape index (κ1) is 27.6. The number of benzene rings is 3. The van der Waals surface area contributed by atoms with Crippen molar-refractivity contribution in [3.05, 3.63) is 47.0 Å². The molecule has 4 atom stereocenters. The van der Waals surface area contributed by atoms with Crippen LogP contribution >= 0.6 is 0 Å². The predicted octanol–water partition coefficient (Wildman–Crippen LogP) is 3.22. The molecular weight excluding hydrogens is 552 g/mol. The molecule has 12 heteroatoms. The lowest BCUT2D eigenvalue weighted by molar-refractivity contribution is -0.218. The molecule has 42 heavy (non-hydrogen) atoms. The summed E-state index contributed by atoms with van der Waals surface area (Å²) in [5, 5.41) is 12.7. The second-order valence-corrected chi connectivity index (χ2v) is 10.0. The summed E-state index contributed by atoms with van der Waals surface area (Å²) in [6.07, 6.45) is -4.85. The summed E-state index contributed by atoms with van der Waals surface area (Å²) < 4.78 is 44.7. The third kappa shape index (κ3) is 4.52. The number of hydrogen-bond donors (Lipinski definition) is 1. The van der Waals surface area contributed by atoms with Crippen LogP contribution in [0.3, 0.4) is 0 Å². The Morgan fingerprint density at radius 3 is 2.26 bits per heavy atom. The van der Waals surface area contributed by atoms with Crippen LogP contribution in [0.5, 0.6) is 23.0 Å². The smallest absolute Gasteiger partial charge is 0.339 e. The maximum absolute atomic E-state index is 13.4. The summed E-state index contributed by atoms with van der Waals surface area (Å²) >= 11 is 0. The van der Waals surface area contributed by atoms with Gasteiger partial charge >= 0.3 is 17.9 Å². The average Bonchev–Trinajstić information content (AvgIpc) is 3.59. The number of esters is 3. The van der Waals surface area contributed by atoms with Gasteiger partial charge in [0.05, 0.1) is 26.4 Å². The van der Waals surface area contributed by atoms with Gasteiger partial charge < -0.3 is 43.0 Å². The molecule has 3 aromatic carbocycles. The van der Waals surface area contributed by atoms with E-state index >= 15 is 0 Å². The highest BCUT2D eigenvalue weighted by molar-refractivity contribution is 6.13. The van der Waals surface area contributed by atoms with Crippen molar-refractivity contribution in [2.75, 3.05) is 27.6 Å². The minimum absolute atomic E-state index is 0.0817. The van der Waals surface area contributed by atoms with E-state index in [-0.39, 0.29) is 25.6 Å². The molecule has 220 valence electrons. The number of carbonyl (C=O) groups excluding carboxylic acids is 3. The molecule has 0 aromatic heterocycles. The van der Waals surface area contributed by atoms with Crippen LogP contribution in [0, 0.1) is 0 Å². The third-order valence-corrected chi connectivity index (χ3v) is 7.53. The van der Waals surface area contributed by atoms with Crippen molar-refractivity contribution in [3.8, 4) is 34.1 Å². The van der Waals surface area contributed by atoms with Gasteiger partial charge in [0.2, 0.25) is 6.79 Å². The maximum Gasteiger partial charge on any atom is 0.339 e. The fourth-order valence-electron chi connectivity index (χ4n) is 5.84. The maximum atomic E-state index is 13.4. The molecule has 6 rings (SSSR count). The zero-order valence-electron chi connectivity index (χ0n) is 23.3. The first-order chi connectivity index (χ1) is 20.2. The van der Waals surface area contributed by atoms with E-state index in [4.69, 9.17) is 37.9 Å². The second-order valence-electron chi connectivity index (χ2n) is 10.0. The zero-order chi connectivity index (χ0) is 29.7. The Bertz CT molecular complexity index is 1610. The largest absolute Gasteiger partial charge is 0.493 e. The van der Waals surface area contributed by atoms with E-state index in [1.807, 2.05) is 6.07 Å². The molecule has 3 aliphatic rings. The molecular formula is C30H28O12. The summed E-state index contributed by atoms with van der Waals surface area (Å²) in [4.78, 5) is 37.1. The van der Waals surface area contributed by atoms with E-state index in [0.29, 0.717) is 56.0 Å². The molecule has 0 radical (unpaired) electrons. The van der Waals surface area contributed by atoms with Gasteiger partial charge in [-0.15, -0.1) is 0 Å². The summed E-state index contributed by atoms with van der Waals surface area (Å²) in [6.45, 7) is 2.21. The molecule has 1 N–H and O–H groups in total. The van der Waals surface area contributed by atoms with Crippen molar-refractivity contribution in [3.63, 3.8) is 0 Å². The molecule has 0 unspecified atom stereocenters. The van der Waals surface area contributed by atoms with Crippen molar-refractivity contribution >= 4 is 28.7 Å². The molecule has 3 aliphatic heterocycles. The molecule has 0 amide bonds. The summed E-state index contributed by atoms with van der Waals surface area (Å²) in [7, 11) is 2.99. The van der Waals surface area contributed by atoms with Crippen LogP contribution < -0.4 is 18.9 Å². The Labute approximate surface area is 239 Å². The monoisotopic (exact) mass is 580 g/mol. The summed E-state index contributed by atoms with van der Waals surface area (Å²) in [5.74, 6) is 0.0504. The van der Waals surface area contributed by atoms with Crippen LogP contribution in [-0.2, 0) is 35.1 Å². The Kier molecular flexibility index (Phi) is 7.03. The number of hydrogen-bond acceptors (Lipinski definition) is 12. The SMILES string of the molecule is COc1cc2c(-c3ccc4c(c3)OCO4)c3c(c([C@@H]4OC[C@@H](OC(C)=O)[C@@H](OC(C)=O)[C@@H]4O)c2cc1OC)COC3=O. The van der Waals surface area contributed by atoms with Gasteiger partial charge in [-0.25, -0.2) is 4.79 Å². The van der Waals surface area contributed by atoms with Gasteiger partial charge in [-0.05, 0) is 46.2 Å². The van der Waals surface area contributed by atoms with E-state index < -0.39 is 42.3 Å². The Morgan fingerprint density at radius 2 is 1.57 bits per heavy atom. The number of aliphatic hydroxyl groups is 1. The predicted molar refractivity (Wildman–Crippen MR) is 144 cm³/mol. The van der Waals surface area contributed by atoms with Crippen LogP contribution in [0.15, 0.2) is 30.3 Å². The van der Waals surface area contributed by atoms with Gasteiger partial charge in [0.1, 0.15) is 18.8 Å². The summed E-state index contributed by atoms with van der Waals surface area (Å²) in [6, 6.07) is 8.84. The van der Waals surface area contributed by atoms with Gasteiger partial charge in [-0.3, -0.25) is 9.59 Å². The Morgan fingerprint density at radius 1 is 0.881 bits per heavy atom. The number of rotatable bonds is 6. The zero-order valence-corrected chi connectivity index (χ0v) is 23.3. The average molecular weight is 581 g/mol. The van der Waals surface area contributed by atoms with Crippen LogP contribution in [0.2, 0.25) is 0 Å². The number of fused-ring (bicyclic) bond motifs is 3. The lowest BCUT2D eigenvalue weighted by atomic mass is 9.82. The van der Waals surface area contributed by atoms with E-state index in [1.165, 1.54) is 28.1 Å². The molecule has 3 aromatic rings. The van der Waals surface area contributed by atoms with E-state index in [9.17, 15) is 19.5 Å². The fraction of sp³-hybridized carbons (Fsp3) is 0.367. The molecule has 0 bridgehead atoms.